The van der Waals surface area contributed by atoms with Crippen LogP contribution in [0, 0.1) is 0 Å². The number of rotatable bonds is 5. The predicted octanol–water partition coefficient (Wildman–Crippen LogP) is -0.721. The summed E-state index contributed by atoms with van der Waals surface area (Å²) in [5.41, 5.74) is 6.78. The van der Waals surface area contributed by atoms with Gasteiger partial charge in [0.15, 0.2) is 0 Å². The van der Waals surface area contributed by atoms with E-state index in [0.29, 0.717) is 17.9 Å². The smallest absolute Gasteiger partial charge is 0.312 e. The summed E-state index contributed by atoms with van der Waals surface area (Å²) in [6.07, 6.45) is 0.686. The molecule has 0 saturated carbocycles. The number of hydrogen-bond donors (Lipinski definition) is 4. The Morgan fingerprint density at radius 3 is 2.90 bits per heavy atom. The molecule has 0 saturated heterocycles. The highest BCUT2D eigenvalue weighted by molar-refractivity contribution is 7.89. The largest absolute Gasteiger partial charge is 0.352 e. The molecule has 0 aliphatic carbocycles. The Bertz CT molecular complexity index is 601. The summed E-state index contributed by atoms with van der Waals surface area (Å²) in [4.78, 5) is 10.8. The van der Waals surface area contributed by atoms with Crippen molar-refractivity contribution in [1.29, 1.82) is 0 Å². The molecule has 8 heteroatoms. The van der Waals surface area contributed by atoms with Gasteiger partial charge in [-0.25, -0.2) is 17.9 Å². The Morgan fingerprint density at radius 1 is 1.35 bits per heavy atom. The number of hydrogen-bond acceptors (Lipinski definition) is 4. The minimum atomic E-state index is -3.57. The van der Waals surface area contributed by atoms with E-state index in [9.17, 15) is 13.2 Å². The Balaban J connectivity index is 2.11. The van der Waals surface area contributed by atoms with Gasteiger partial charge in [-0.3, -0.25) is 0 Å². The Hall–Kier alpha value is -1.64. The number of amides is 2. The molecule has 2 amide bonds. The summed E-state index contributed by atoms with van der Waals surface area (Å²) < 4.78 is 27.0. The highest BCUT2D eigenvalue weighted by Gasteiger charge is 2.21. The summed E-state index contributed by atoms with van der Waals surface area (Å²) in [6, 6.07) is 4.60. The zero-order valence-corrected chi connectivity index (χ0v) is 11.8. The summed E-state index contributed by atoms with van der Waals surface area (Å²) in [5.74, 6) is 0. The van der Waals surface area contributed by atoms with Crippen molar-refractivity contribution in [3.8, 4) is 0 Å². The Morgan fingerprint density at radius 2 is 2.15 bits per heavy atom. The molecule has 1 aliphatic rings. The van der Waals surface area contributed by atoms with Crippen LogP contribution < -0.4 is 21.1 Å². The van der Waals surface area contributed by atoms with Crippen LogP contribution in [0.2, 0.25) is 0 Å². The number of nitrogens with one attached hydrogen (secondary N) is 3. The Kier molecular flexibility index (Phi) is 4.58. The molecule has 20 heavy (non-hydrogen) atoms. The summed E-state index contributed by atoms with van der Waals surface area (Å²) in [7, 11) is -3.57. The Labute approximate surface area is 118 Å². The van der Waals surface area contributed by atoms with Crippen molar-refractivity contribution in [2.24, 2.45) is 5.73 Å². The minimum absolute atomic E-state index is 0.104. The van der Waals surface area contributed by atoms with E-state index in [4.69, 9.17) is 5.73 Å². The molecule has 0 spiro atoms. The van der Waals surface area contributed by atoms with Crippen LogP contribution in [0.25, 0.3) is 0 Å². The third kappa shape index (κ3) is 3.47. The second kappa shape index (κ2) is 6.21. The molecular formula is C12H18N4O3S. The lowest BCUT2D eigenvalue weighted by Gasteiger charge is -2.20. The van der Waals surface area contributed by atoms with Crippen molar-refractivity contribution < 1.29 is 13.2 Å². The van der Waals surface area contributed by atoms with Crippen molar-refractivity contribution in [2.75, 3.05) is 19.6 Å². The molecule has 0 atom stereocenters. The number of sulfonamides is 1. The molecule has 2 rings (SSSR count). The quantitative estimate of drug-likeness (QED) is 0.537. The molecule has 0 radical (unpaired) electrons. The van der Waals surface area contributed by atoms with Gasteiger partial charge in [-0.1, -0.05) is 12.1 Å². The van der Waals surface area contributed by atoms with E-state index in [1.165, 1.54) is 0 Å². The maximum Gasteiger partial charge on any atom is 0.312 e. The zero-order valence-electron chi connectivity index (χ0n) is 11.0. The lowest BCUT2D eigenvalue weighted by Crippen LogP contribution is -2.37. The van der Waals surface area contributed by atoms with E-state index < -0.39 is 16.1 Å². The van der Waals surface area contributed by atoms with Gasteiger partial charge in [-0.15, -0.1) is 0 Å². The first-order valence-corrected chi connectivity index (χ1v) is 7.83. The van der Waals surface area contributed by atoms with Crippen LogP contribution in [0.15, 0.2) is 23.1 Å². The SMILES string of the molecule is NC(=O)NCCNS(=O)(=O)c1cccc2c1CCNC2. The van der Waals surface area contributed by atoms with Gasteiger partial charge in [-0.2, -0.15) is 0 Å². The number of nitrogens with two attached hydrogens (primary N) is 1. The maximum atomic E-state index is 12.3. The molecule has 110 valence electrons. The molecular weight excluding hydrogens is 280 g/mol. The minimum Gasteiger partial charge on any atom is -0.352 e. The van der Waals surface area contributed by atoms with Gasteiger partial charge in [0.1, 0.15) is 0 Å². The lowest BCUT2D eigenvalue weighted by atomic mass is 10.0. The summed E-state index contributed by atoms with van der Waals surface area (Å²) in [5, 5.41) is 5.54. The van der Waals surface area contributed by atoms with E-state index in [1.54, 1.807) is 12.1 Å². The molecule has 1 heterocycles. The molecule has 0 bridgehead atoms. The molecule has 1 aliphatic heterocycles. The topological polar surface area (TPSA) is 113 Å². The maximum absolute atomic E-state index is 12.3. The fraction of sp³-hybridized carbons (Fsp3) is 0.417. The average Bonchev–Trinajstić information content (AvgIpc) is 2.43. The standard InChI is InChI=1S/C12H18N4O3S/c13-12(17)15-6-7-16-20(18,19)11-3-1-2-9-8-14-5-4-10(9)11/h1-3,14,16H,4-8H2,(H3,13,15,17). The van der Waals surface area contributed by atoms with Gasteiger partial charge in [0.05, 0.1) is 4.90 Å². The van der Waals surface area contributed by atoms with Gasteiger partial charge in [-0.05, 0) is 30.2 Å². The monoisotopic (exact) mass is 298 g/mol. The average molecular weight is 298 g/mol. The molecule has 1 aromatic rings. The van der Waals surface area contributed by atoms with Crippen molar-refractivity contribution in [3.63, 3.8) is 0 Å². The van der Waals surface area contributed by atoms with Gasteiger partial charge >= 0.3 is 6.03 Å². The van der Waals surface area contributed by atoms with Gasteiger partial charge in [0.25, 0.3) is 0 Å². The number of primary amides is 1. The van der Waals surface area contributed by atoms with E-state index in [-0.39, 0.29) is 13.1 Å². The number of fused-ring (bicyclic) bond motifs is 1. The van der Waals surface area contributed by atoms with Crippen molar-refractivity contribution in [1.82, 2.24) is 15.4 Å². The highest BCUT2D eigenvalue weighted by Crippen LogP contribution is 2.22. The number of benzene rings is 1. The first-order valence-electron chi connectivity index (χ1n) is 6.35. The van der Waals surface area contributed by atoms with Gasteiger partial charge < -0.3 is 16.4 Å². The van der Waals surface area contributed by atoms with E-state index >= 15 is 0 Å². The van der Waals surface area contributed by atoms with E-state index in [2.05, 4.69) is 15.4 Å². The third-order valence-electron chi connectivity index (χ3n) is 3.10. The van der Waals surface area contributed by atoms with Gasteiger partial charge in [0, 0.05) is 19.6 Å². The molecule has 0 fully saturated rings. The van der Waals surface area contributed by atoms with Crippen molar-refractivity contribution in [3.05, 3.63) is 29.3 Å². The van der Waals surface area contributed by atoms with Crippen LogP contribution in [-0.4, -0.2) is 34.1 Å². The second-order valence-electron chi connectivity index (χ2n) is 4.51. The molecule has 1 aromatic carbocycles. The third-order valence-corrected chi connectivity index (χ3v) is 4.65. The number of carbonyl (C=O) groups excluding carboxylic acids is 1. The lowest BCUT2D eigenvalue weighted by molar-refractivity contribution is 0.249. The number of urea groups is 1. The van der Waals surface area contributed by atoms with Crippen LogP contribution >= 0.6 is 0 Å². The normalized spacial score (nSPS) is 14.6. The second-order valence-corrected chi connectivity index (χ2v) is 6.24. The van der Waals surface area contributed by atoms with Crippen LogP contribution in [0.1, 0.15) is 11.1 Å². The molecule has 0 unspecified atom stereocenters. The van der Waals surface area contributed by atoms with Crippen LogP contribution in [-0.2, 0) is 23.0 Å². The van der Waals surface area contributed by atoms with Crippen molar-refractivity contribution in [2.45, 2.75) is 17.9 Å². The number of carbonyl (C=O) groups is 1. The van der Waals surface area contributed by atoms with Crippen LogP contribution in [0.3, 0.4) is 0 Å². The molecule has 5 N–H and O–H groups in total. The fourth-order valence-corrected chi connectivity index (χ4v) is 3.54. The summed E-state index contributed by atoms with van der Waals surface area (Å²) >= 11 is 0. The molecule has 7 nitrogen and oxygen atoms in total. The molecule has 0 aromatic heterocycles. The van der Waals surface area contributed by atoms with Gasteiger partial charge in [0.2, 0.25) is 10.0 Å². The highest BCUT2D eigenvalue weighted by atomic mass is 32.2. The van der Waals surface area contributed by atoms with Crippen LogP contribution in [0.4, 0.5) is 4.79 Å². The predicted molar refractivity (Wildman–Crippen MR) is 74.6 cm³/mol. The first kappa shape index (κ1) is 14.8. The zero-order chi connectivity index (χ0) is 14.6. The van der Waals surface area contributed by atoms with E-state index in [1.807, 2.05) is 6.07 Å². The summed E-state index contributed by atoms with van der Waals surface area (Å²) in [6.45, 7) is 1.71. The van der Waals surface area contributed by atoms with Crippen LogP contribution in [0.5, 0.6) is 0 Å². The first-order chi connectivity index (χ1) is 9.50. The van der Waals surface area contributed by atoms with E-state index in [0.717, 1.165) is 17.7 Å². The van der Waals surface area contributed by atoms with Crippen molar-refractivity contribution >= 4 is 16.1 Å². The fourth-order valence-electron chi connectivity index (χ4n) is 2.20.